The van der Waals surface area contributed by atoms with E-state index in [1.165, 1.54) is 30.4 Å². The summed E-state index contributed by atoms with van der Waals surface area (Å²) in [7, 11) is 0. The summed E-state index contributed by atoms with van der Waals surface area (Å²) in [6.07, 6.45) is 8.36. The number of nitrogens with zero attached hydrogens (tertiary/aromatic N) is 1. The van der Waals surface area contributed by atoms with Gasteiger partial charge in [-0.3, -0.25) is 9.78 Å². The summed E-state index contributed by atoms with van der Waals surface area (Å²) in [5.41, 5.74) is 8.67. The molecule has 1 aliphatic carbocycles. The molecule has 1 fully saturated rings. The van der Waals surface area contributed by atoms with Crippen LogP contribution in [0, 0.1) is 0 Å². The van der Waals surface area contributed by atoms with Crippen LogP contribution in [-0.2, 0) is 4.79 Å². The molecule has 5 rings (SSSR count). The third-order valence-corrected chi connectivity index (χ3v) is 6.71. The number of amides is 1. The molecule has 1 aliphatic heterocycles. The van der Waals surface area contributed by atoms with Crippen molar-refractivity contribution in [3.63, 3.8) is 0 Å². The van der Waals surface area contributed by atoms with Gasteiger partial charge in [-0.2, -0.15) is 0 Å². The van der Waals surface area contributed by atoms with Gasteiger partial charge in [-0.15, -0.1) is 0 Å². The highest BCUT2D eigenvalue weighted by Gasteiger charge is 2.26. The molecule has 1 amide bonds. The van der Waals surface area contributed by atoms with Crippen molar-refractivity contribution >= 4 is 28.8 Å². The van der Waals surface area contributed by atoms with Crippen molar-refractivity contribution in [2.45, 2.75) is 38.5 Å². The Morgan fingerprint density at radius 3 is 2.66 bits per heavy atom. The molecular formula is C28H25ClN2O. The Morgan fingerprint density at radius 2 is 1.97 bits per heavy atom. The first-order valence-electron chi connectivity index (χ1n) is 11.1. The first-order valence-corrected chi connectivity index (χ1v) is 11.4. The Labute approximate surface area is 193 Å². The minimum Gasteiger partial charge on any atom is -0.321 e. The van der Waals surface area contributed by atoms with Gasteiger partial charge in [0.1, 0.15) is 0 Å². The zero-order valence-electron chi connectivity index (χ0n) is 18.1. The van der Waals surface area contributed by atoms with Crippen LogP contribution in [0.5, 0.6) is 0 Å². The average Bonchev–Trinajstić information content (AvgIpc) is 3.04. The molecule has 3 nitrogen and oxygen atoms in total. The number of hydrogen-bond acceptors (Lipinski definition) is 2. The second-order valence-corrected chi connectivity index (χ2v) is 9.17. The van der Waals surface area contributed by atoms with E-state index in [1.807, 2.05) is 37.4 Å². The Morgan fingerprint density at radius 1 is 1.16 bits per heavy atom. The molecule has 2 aliphatic rings. The van der Waals surface area contributed by atoms with Gasteiger partial charge in [0.25, 0.3) is 5.91 Å². The fourth-order valence-corrected chi connectivity index (χ4v) is 4.69. The maximum absolute atomic E-state index is 12.5. The molecule has 0 radical (unpaired) electrons. The molecule has 2 aromatic carbocycles. The molecular weight excluding hydrogens is 416 g/mol. The maximum atomic E-state index is 12.5. The summed E-state index contributed by atoms with van der Waals surface area (Å²) in [6.45, 7) is 5.88. The van der Waals surface area contributed by atoms with Gasteiger partial charge in [0.2, 0.25) is 0 Å². The SMILES string of the molecule is C=C(C)C/C=C1\C(=O)Nc2cc(Cl)c(-c3ccc(-c4ccccc4C4CCC4)cn3)cc21. The lowest BCUT2D eigenvalue weighted by Crippen LogP contribution is -2.09. The fourth-order valence-electron chi connectivity index (χ4n) is 4.43. The third kappa shape index (κ3) is 3.78. The molecule has 0 bridgehead atoms. The molecule has 2 heterocycles. The number of halogens is 1. The second-order valence-electron chi connectivity index (χ2n) is 8.76. The van der Waals surface area contributed by atoms with Crippen LogP contribution in [0.3, 0.4) is 0 Å². The van der Waals surface area contributed by atoms with Crippen LogP contribution < -0.4 is 5.32 Å². The van der Waals surface area contributed by atoms with E-state index in [1.54, 1.807) is 0 Å². The number of allylic oxidation sites excluding steroid dienone is 2. The molecule has 0 atom stereocenters. The van der Waals surface area contributed by atoms with E-state index >= 15 is 0 Å². The van der Waals surface area contributed by atoms with Gasteiger partial charge in [-0.25, -0.2) is 0 Å². The van der Waals surface area contributed by atoms with E-state index in [4.69, 9.17) is 16.6 Å². The van der Waals surface area contributed by atoms with Crippen molar-refractivity contribution in [3.05, 3.63) is 89.1 Å². The number of carbonyl (C=O) groups excluding carboxylic acids is 1. The lowest BCUT2D eigenvalue weighted by molar-refractivity contribution is -0.110. The van der Waals surface area contributed by atoms with Crippen molar-refractivity contribution in [2.24, 2.45) is 0 Å². The summed E-state index contributed by atoms with van der Waals surface area (Å²) in [5.74, 6) is 0.553. The molecule has 160 valence electrons. The molecule has 1 aromatic heterocycles. The minimum atomic E-state index is -0.106. The van der Waals surface area contributed by atoms with Gasteiger partial charge in [0.05, 0.1) is 16.4 Å². The van der Waals surface area contributed by atoms with Crippen molar-refractivity contribution in [1.29, 1.82) is 0 Å². The van der Waals surface area contributed by atoms with Crippen molar-refractivity contribution in [1.82, 2.24) is 4.98 Å². The van der Waals surface area contributed by atoms with Gasteiger partial charge < -0.3 is 5.32 Å². The molecule has 4 heteroatoms. The Balaban J connectivity index is 1.50. The number of hydrogen-bond donors (Lipinski definition) is 1. The summed E-state index contributed by atoms with van der Waals surface area (Å²) < 4.78 is 0. The zero-order chi connectivity index (χ0) is 22.2. The van der Waals surface area contributed by atoms with Crippen LogP contribution >= 0.6 is 11.6 Å². The number of pyridine rings is 1. The molecule has 0 spiro atoms. The summed E-state index contributed by atoms with van der Waals surface area (Å²) >= 11 is 6.59. The predicted molar refractivity (Wildman–Crippen MR) is 133 cm³/mol. The van der Waals surface area contributed by atoms with E-state index in [0.29, 0.717) is 22.9 Å². The van der Waals surface area contributed by atoms with Crippen molar-refractivity contribution in [3.8, 4) is 22.4 Å². The maximum Gasteiger partial charge on any atom is 0.256 e. The molecule has 1 saturated carbocycles. The predicted octanol–water partition coefficient (Wildman–Crippen LogP) is 7.64. The number of rotatable bonds is 5. The van der Waals surface area contributed by atoms with Gasteiger partial charge in [0, 0.05) is 28.5 Å². The van der Waals surface area contributed by atoms with E-state index in [-0.39, 0.29) is 5.91 Å². The lowest BCUT2D eigenvalue weighted by Gasteiger charge is -2.28. The van der Waals surface area contributed by atoms with Gasteiger partial charge >= 0.3 is 0 Å². The van der Waals surface area contributed by atoms with Crippen LogP contribution in [0.2, 0.25) is 5.02 Å². The lowest BCUT2D eigenvalue weighted by atomic mass is 9.77. The van der Waals surface area contributed by atoms with Crippen LogP contribution in [0.25, 0.3) is 28.0 Å². The summed E-state index contributed by atoms with van der Waals surface area (Å²) in [6, 6.07) is 16.5. The molecule has 32 heavy (non-hydrogen) atoms. The molecule has 0 unspecified atom stereocenters. The number of carbonyl (C=O) groups is 1. The van der Waals surface area contributed by atoms with Gasteiger partial charge in [-0.1, -0.05) is 66.6 Å². The van der Waals surface area contributed by atoms with Crippen LogP contribution in [0.15, 0.2) is 73.0 Å². The third-order valence-electron chi connectivity index (χ3n) is 6.40. The van der Waals surface area contributed by atoms with Crippen molar-refractivity contribution in [2.75, 3.05) is 5.32 Å². The Hall–Kier alpha value is -3.17. The number of nitrogens with one attached hydrogen (secondary N) is 1. The van der Waals surface area contributed by atoms with E-state index in [2.05, 4.69) is 42.2 Å². The fraction of sp³-hybridized carbons (Fsp3) is 0.214. The van der Waals surface area contributed by atoms with Crippen LogP contribution in [-0.4, -0.2) is 10.9 Å². The number of aromatic nitrogens is 1. The van der Waals surface area contributed by atoms with E-state index in [0.717, 1.165) is 33.6 Å². The minimum absolute atomic E-state index is 0.106. The smallest absolute Gasteiger partial charge is 0.256 e. The topological polar surface area (TPSA) is 42.0 Å². The zero-order valence-corrected chi connectivity index (χ0v) is 18.9. The Kier molecular flexibility index (Phi) is 5.44. The van der Waals surface area contributed by atoms with E-state index in [9.17, 15) is 4.79 Å². The Bertz CT molecular complexity index is 1250. The molecule has 0 saturated heterocycles. The second kappa shape index (κ2) is 8.40. The van der Waals surface area contributed by atoms with Gasteiger partial charge in [0.15, 0.2) is 0 Å². The first-order chi connectivity index (χ1) is 15.5. The van der Waals surface area contributed by atoms with Crippen LogP contribution in [0.4, 0.5) is 5.69 Å². The number of anilines is 1. The van der Waals surface area contributed by atoms with Crippen LogP contribution in [0.1, 0.15) is 49.7 Å². The summed E-state index contributed by atoms with van der Waals surface area (Å²) in [5, 5.41) is 3.48. The highest BCUT2D eigenvalue weighted by molar-refractivity contribution is 6.36. The first kappa shape index (κ1) is 20.7. The van der Waals surface area contributed by atoms with Gasteiger partial charge in [-0.05, 0) is 61.4 Å². The molecule has 1 N–H and O–H groups in total. The summed E-state index contributed by atoms with van der Waals surface area (Å²) in [4.78, 5) is 17.2. The average molecular weight is 441 g/mol. The normalized spacial score (nSPS) is 16.6. The highest BCUT2D eigenvalue weighted by atomic mass is 35.5. The number of benzene rings is 2. The quantitative estimate of drug-likeness (QED) is 0.327. The van der Waals surface area contributed by atoms with E-state index < -0.39 is 0 Å². The monoisotopic (exact) mass is 440 g/mol. The van der Waals surface area contributed by atoms with Crippen molar-refractivity contribution < 1.29 is 4.79 Å². The standard InChI is InChI=1S/C28H25ClN2O/c1-17(2)10-12-22-23-14-24(25(29)15-27(23)31-28(22)32)26-13-11-19(16-30-26)21-9-4-3-8-20(21)18-6-5-7-18/h3-4,8-9,11-16,18H,1,5-7,10H2,2H3,(H,31,32)/b22-12-. The number of fused-ring (bicyclic) bond motifs is 1. The largest absolute Gasteiger partial charge is 0.321 e. The highest BCUT2D eigenvalue weighted by Crippen LogP contribution is 2.42. The molecule has 3 aromatic rings.